The summed E-state index contributed by atoms with van der Waals surface area (Å²) in [5.74, 6) is 0. The van der Waals surface area contributed by atoms with Gasteiger partial charge in [0.25, 0.3) is 0 Å². The molecular formula is C15H24N4O. The second kappa shape index (κ2) is 6.41. The molecule has 2 unspecified atom stereocenters. The molecule has 110 valence electrons. The monoisotopic (exact) mass is 276 g/mol. The Hall–Kier alpha value is -1.33. The van der Waals surface area contributed by atoms with Gasteiger partial charge in [-0.2, -0.15) is 0 Å². The van der Waals surface area contributed by atoms with Crippen LogP contribution in [0.4, 0.5) is 11.4 Å². The number of fused-ring (bicyclic) bond motifs is 1. The third-order valence-electron chi connectivity index (χ3n) is 4.11. The summed E-state index contributed by atoms with van der Waals surface area (Å²) in [5, 5.41) is 6.71. The number of rotatable bonds is 5. The Labute approximate surface area is 120 Å². The van der Waals surface area contributed by atoms with E-state index in [1.807, 2.05) is 12.4 Å². The second-order valence-corrected chi connectivity index (χ2v) is 5.62. The average molecular weight is 276 g/mol. The minimum absolute atomic E-state index is 0.284. The smallest absolute Gasteiger partial charge is 0.0874 e. The van der Waals surface area contributed by atoms with Crippen molar-refractivity contribution in [3.63, 3.8) is 0 Å². The van der Waals surface area contributed by atoms with E-state index in [9.17, 15) is 0 Å². The lowest BCUT2D eigenvalue weighted by Crippen LogP contribution is -2.48. The van der Waals surface area contributed by atoms with Crippen molar-refractivity contribution in [1.82, 2.24) is 9.88 Å². The summed E-state index contributed by atoms with van der Waals surface area (Å²) < 4.78 is 5.95. The first-order valence-corrected chi connectivity index (χ1v) is 7.63. The quantitative estimate of drug-likeness (QED) is 0.858. The zero-order chi connectivity index (χ0) is 13.8. The molecule has 20 heavy (non-hydrogen) atoms. The highest BCUT2D eigenvalue weighted by atomic mass is 16.5. The van der Waals surface area contributed by atoms with Crippen LogP contribution in [0.2, 0.25) is 0 Å². The lowest BCUT2D eigenvalue weighted by atomic mass is 10.2. The van der Waals surface area contributed by atoms with E-state index in [4.69, 9.17) is 4.74 Å². The number of nitrogens with zero attached hydrogens (tertiary/aromatic N) is 2. The SMILES string of the molecule is CCNc1cncc(NCC2CN3CCCC3CO2)c1. The van der Waals surface area contributed by atoms with E-state index in [0.29, 0.717) is 6.04 Å². The third kappa shape index (κ3) is 3.22. The molecule has 0 bridgehead atoms. The van der Waals surface area contributed by atoms with Crippen LogP contribution < -0.4 is 10.6 Å². The zero-order valence-electron chi connectivity index (χ0n) is 12.1. The van der Waals surface area contributed by atoms with Gasteiger partial charge in [-0.1, -0.05) is 0 Å². The van der Waals surface area contributed by atoms with Gasteiger partial charge in [-0.3, -0.25) is 9.88 Å². The molecule has 0 amide bonds. The van der Waals surface area contributed by atoms with E-state index in [2.05, 4.69) is 33.5 Å². The van der Waals surface area contributed by atoms with Crippen molar-refractivity contribution in [2.24, 2.45) is 0 Å². The van der Waals surface area contributed by atoms with Crippen molar-refractivity contribution in [3.8, 4) is 0 Å². The highest BCUT2D eigenvalue weighted by Gasteiger charge is 2.31. The summed E-state index contributed by atoms with van der Waals surface area (Å²) in [4.78, 5) is 6.82. The molecular weight excluding hydrogens is 252 g/mol. The highest BCUT2D eigenvalue weighted by molar-refractivity contribution is 5.53. The van der Waals surface area contributed by atoms with Gasteiger partial charge in [0.1, 0.15) is 0 Å². The number of nitrogens with one attached hydrogen (secondary N) is 2. The zero-order valence-corrected chi connectivity index (χ0v) is 12.1. The van der Waals surface area contributed by atoms with Crippen LogP contribution in [0.1, 0.15) is 19.8 Å². The molecule has 5 nitrogen and oxygen atoms in total. The number of anilines is 2. The molecule has 5 heteroatoms. The Bertz CT molecular complexity index is 440. The predicted octanol–water partition coefficient (Wildman–Crippen LogP) is 1.79. The van der Waals surface area contributed by atoms with Crippen molar-refractivity contribution < 1.29 is 4.74 Å². The molecule has 2 aliphatic heterocycles. The fraction of sp³-hybridized carbons (Fsp3) is 0.667. The maximum Gasteiger partial charge on any atom is 0.0874 e. The van der Waals surface area contributed by atoms with Gasteiger partial charge in [0, 0.05) is 25.7 Å². The van der Waals surface area contributed by atoms with Crippen molar-refractivity contribution in [1.29, 1.82) is 0 Å². The Balaban J connectivity index is 1.50. The first-order valence-electron chi connectivity index (χ1n) is 7.63. The topological polar surface area (TPSA) is 49.4 Å². The van der Waals surface area contributed by atoms with Gasteiger partial charge in [-0.25, -0.2) is 0 Å². The van der Waals surface area contributed by atoms with Crippen molar-refractivity contribution in [2.45, 2.75) is 31.9 Å². The van der Waals surface area contributed by atoms with E-state index in [1.54, 1.807) is 0 Å². The molecule has 2 aliphatic rings. The van der Waals surface area contributed by atoms with E-state index in [0.717, 1.165) is 37.6 Å². The maximum atomic E-state index is 5.95. The molecule has 0 radical (unpaired) electrons. The van der Waals surface area contributed by atoms with Gasteiger partial charge in [-0.15, -0.1) is 0 Å². The molecule has 2 atom stereocenters. The maximum absolute atomic E-state index is 5.95. The van der Waals surface area contributed by atoms with Gasteiger partial charge in [0.15, 0.2) is 0 Å². The molecule has 0 aromatic carbocycles. The number of aromatic nitrogens is 1. The minimum Gasteiger partial charge on any atom is -0.384 e. The molecule has 2 fully saturated rings. The third-order valence-corrected chi connectivity index (χ3v) is 4.11. The fourth-order valence-electron chi connectivity index (χ4n) is 3.08. The summed E-state index contributed by atoms with van der Waals surface area (Å²) in [5.41, 5.74) is 2.11. The summed E-state index contributed by atoms with van der Waals surface area (Å²) in [6.45, 7) is 7.03. The molecule has 3 rings (SSSR count). The molecule has 0 spiro atoms. The normalized spacial score (nSPS) is 26.2. The van der Waals surface area contributed by atoms with Gasteiger partial charge in [-0.05, 0) is 32.4 Å². The molecule has 2 saturated heterocycles. The van der Waals surface area contributed by atoms with Crippen LogP contribution in [0.15, 0.2) is 18.5 Å². The lowest BCUT2D eigenvalue weighted by Gasteiger charge is -2.35. The summed E-state index contributed by atoms with van der Waals surface area (Å²) in [6, 6.07) is 2.77. The first-order chi connectivity index (χ1) is 9.85. The fourth-order valence-corrected chi connectivity index (χ4v) is 3.08. The number of morpholine rings is 1. The van der Waals surface area contributed by atoms with Gasteiger partial charge < -0.3 is 15.4 Å². The molecule has 0 saturated carbocycles. The van der Waals surface area contributed by atoms with Crippen LogP contribution in [-0.4, -0.2) is 54.8 Å². The Kier molecular flexibility index (Phi) is 4.38. The van der Waals surface area contributed by atoms with Crippen LogP contribution in [0.5, 0.6) is 0 Å². The van der Waals surface area contributed by atoms with Crippen LogP contribution in [0, 0.1) is 0 Å². The summed E-state index contributed by atoms with van der Waals surface area (Å²) in [6.07, 6.45) is 6.62. The molecule has 0 aliphatic carbocycles. The Morgan fingerprint density at radius 2 is 2.20 bits per heavy atom. The van der Waals surface area contributed by atoms with Gasteiger partial charge >= 0.3 is 0 Å². The number of pyridine rings is 1. The molecule has 2 N–H and O–H groups in total. The van der Waals surface area contributed by atoms with E-state index in [-0.39, 0.29) is 6.10 Å². The highest BCUT2D eigenvalue weighted by Crippen LogP contribution is 2.23. The van der Waals surface area contributed by atoms with Crippen LogP contribution in [0.25, 0.3) is 0 Å². The van der Waals surface area contributed by atoms with Crippen LogP contribution in [0.3, 0.4) is 0 Å². The average Bonchev–Trinajstić information content (AvgIpc) is 2.93. The lowest BCUT2D eigenvalue weighted by molar-refractivity contribution is -0.0415. The predicted molar refractivity (Wildman–Crippen MR) is 81.2 cm³/mol. The van der Waals surface area contributed by atoms with E-state index in [1.165, 1.54) is 19.4 Å². The number of ether oxygens (including phenoxy) is 1. The van der Waals surface area contributed by atoms with Crippen molar-refractivity contribution in [3.05, 3.63) is 18.5 Å². The number of hydrogen-bond acceptors (Lipinski definition) is 5. The second-order valence-electron chi connectivity index (χ2n) is 5.62. The van der Waals surface area contributed by atoms with Gasteiger partial charge in [0.2, 0.25) is 0 Å². The molecule has 3 heterocycles. The summed E-state index contributed by atoms with van der Waals surface area (Å²) in [7, 11) is 0. The van der Waals surface area contributed by atoms with Crippen LogP contribution in [-0.2, 0) is 4.74 Å². The van der Waals surface area contributed by atoms with Crippen LogP contribution >= 0.6 is 0 Å². The largest absolute Gasteiger partial charge is 0.384 e. The summed E-state index contributed by atoms with van der Waals surface area (Å²) >= 11 is 0. The van der Waals surface area contributed by atoms with E-state index >= 15 is 0 Å². The van der Waals surface area contributed by atoms with Gasteiger partial charge in [0.05, 0.1) is 36.5 Å². The van der Waals surface area contributed by atoms with Crippen molar-refractivity contribution in [2.75, 3.05) is 43.4 Å². The standard InChI is InChI=1S/C15H24N4O/c1-2-17-12-6-13(8-16-7-12)18-9-15-10-19-5-3-4-14(19)11-20-15/h6-8,14-15,17-18H,2-5,9-11H2,1H3. The minimum atomic E-state index is 0.284. The molecule has 1 aromatic heterocycles. The number of hydrogen-bond donors (Lipinski definition) is 2. The molecule has 1 aromatic rings. The Morgan fingerprint density at radius 3 is 3.05 bits per heavy atom. The van der Waals surface area contributed by atoms with Crippen molar-refractivity contribution >= 4 is 11.4 Å². The Morgan fingerprint density at radius 1 is 1.35 bits per heavy atom. The van der Waals surface area contributed by atoms with E-state index < -0.39 is 0 Å². The first kappa shape index (κ1) is 13.6.